The van der Waals surface area contributed by atoms with Crippen LogP contribution in [0.1, 0.15) is 11.9 Å². The number of hydrogen-bond donors (Lipinski definition) is 1. The Morgan fingerprint density at radius 2 is 2.40 bits per heavy atom. The van der Waals surface area contributed by atoms with E-state index < -0.39 is 0 Å². The topological polar surface area (TPSA) is 42.7 Å². The van der Waals surface area contributed by atoms with Gasteiger partial charge in [0, 0.05) is 12.7 Å². The van der Waals surface area contributed by atoms with Crippen molar-refractivity contribution in [2.45, 2.75) is 20.0 Å². The molecule has 0 bridgehead atoms. The van der Waals surface area contributed by atoms with Crippen LogP contribution in [0.15, 0.2) is 18.6 Å². The molecule has 0 saturated heterocycles. The van der Waals surface area contributed by atoms with Gasteiger partial charge in [-0.25, -0.2) is 4.98 Å². The number of aromatic nitrogens is 3. The molecule has 0 radical (unpaired) electrons. The van der Waals surface area contributed by atoms with Crippen molar-refractivity contribution in [1.29, 1.82) is 0 Å². The van der Waals surface area contributed by atoms with Crippen LogP contribution in [-0.2, 0) is 13.1 Å². The highest BCUT2D eigenvalue weighted by molar-refractivity contribution is 7.15. The maximum Gasteiger partial charge on any atom is 0.113 e. The van der Waals surface area contributed by atoms with E-state index in [2.05, 4.69) is 22.3 Å². The van der Waals surface area contributed by atoms with Crippen molar-refractivity contribution in [3.63, 3.8) is 0 Å². The average molecular weight is 243 g/mol. The predicted molar refractivity (Wildman–Crippen MR) is 62.4 cm³/mol. The first-order chi connectivity index (χ1) is 7.28. The Morgan fingerprint density at radius 3 is 3.00 bits per heavy atom. The second kappa shape index (κ2) is 4.63. The van der Waals surface area contributed by atoms with Crippen molar-refractivity contribution in [2.24, 2.45) is 0 Å². The fourth-order valence-electron chi connectivity index (χ4n) is 1.18. The van der Waals surface area contributed by atoms with Crippen LogP contribution in [-0.4, -0.2) is 14.8 Å². The summed E-state index contributed by atoms with van der Waals surface area (Å²) in [4.78, 5) is 4.15. The normalized spacial score (nSPS) is 10.5. The van der Waals surface area contributed by atoms with Crippen LogP contribution in [0.5, 0.6) is 0 Å². The minimum Gasteiger partial charge on any atom is -0.376 e. The van der Waals surface area contributed by atoms with Crippen LogP contribution in [0, 0.1) is 0 Å². The highest BCUT2D eigenvalue weighted by atomic mass is 35.5. The maximum absolute atomic E-state index is 5.78. The summed E-state index contributed by atoms with van der Waals surface area (Å²) in [5.74, 6) is 0. The van der Waals surface area contributed by atoms with Crippen molar-refractivity contribution >= 4 is 28.6 Å². The molecule has 4 nitrogen and oxygen atoms in total. The van der Waals surface area contributed by atoms with E-state index in [-0.39, 0.29) is 0 Å². The molecule has 0 atom stereocenters. The Kier molecular flexibility index (Phi) is 3.23. The molecular weight excluding hydrogens is 232 g/mol. The standard InChI is InChI=1S/C9H11ClN4S/c1-2-14-6-7(3-13-14)11-5-9-12-4-8(10)15-9/h3-4,6,11H,2,5H2,1H3. The minimum atomic E-state index is 0.687. The maximum atomic E-state index is 5.78. The Morgan fingerprint density at radius 1 is 1.53 bits per heavy atom. The molecule has 80 valence electrons. The molecule has 0 aliphatic carbocycles. The summed E-state index contributed by atoms with van der Waals surface area (Å²) in [7, 11) is 0. The fraction of sp³-hybridized carbons (Fsp3) is 0.333. The molecule has 2 heterocycles. The SMILES string of the molecule is CCn1cc(NCc2ncc(Cl)s2)cn1. The fourth-order valence-corrected chi connectivity index (χ4v) is 2.07. The minimum absolute atomic E-state index is 0.687. The van der Waals surface area contributed by atoms with Gasteiger partial charge in [0.1, 0.15) is 9.34 Å². The van der Waals surface area contributed by atoms with Gasteiger partial charge in [0.2, 0.25) is 0 Å². The number of rotatable bonds is 4. The third-order valence-corrected chi connectivity index (χ3v) is 3.04. The molecule has 0 aromatic carbocycles. The van der Waals surface area contributed by atoms with Gasteiger partial charge in [-0.05, 0) is 6.92 Å². The van der Waals surface area contributed by atoms with Crippen LogP contribution < -0.4 is 5.32 Å². The Bertz CT molecular complexity index is 437. The molecule has 0 spiro atoms. The lowest BCUT2D eigenvalue weighted by Crippen LogP contribution is -1.97. The Labute approximate surface area is 96.9 Å². The zero-order valence-corrected chi connectivity index (χ0v) is 9.85. The van der Waals surface area contributed by atoms with E-state index in [0.717, 1.165) is 21.6 Å². The first kappa shape index (κ1) is 10.4. The third kappa shape index (κ3) is 2.70. The number of anilines is 1. The summed E-state index contributed by atoms with van der Waals surface area (Å²) < 4.78 is 2.59. The Hall–Kier alpha value is -1.07. The molecule has 0 aliphatic rings. The molecule has 2 rings (SSSR count). The molecule has 2 aromatic heterocycles. The zero-order valence-electron chi connectivity index (χ0n) is 8.27. The van der Waals surface area contributed by atoms with Crippen LogP contribution in [0.25, 0.3) is 0 Å². The van der Waals surface area contributed by atoms with Gasteiger partial charge in [0.15, 0.2) is 0 Å². The summed E-state index contributed by atoms with van der Waals surface area (Å²) in [5.41, 5.74) is 1.00. The zero-order chi connectivity index (χ0) is 10.7. The highest BCUT2D eigenvalue weighted by Crippen LogP contribution is 2.19. The van der Waals surface area contributed by atoms with Crippen LogP contribution in [0.2, 0.25) is 4.34 Å². The van der Waals surface area contributed by atoms with Gasteiger partial charge in [0.05, 0.1) is 24.6 Å². The van der Waals surface area contributed by atoms with Gasteiger partial charge >= 0.3 is 0 Å². The lowest BCUT2D eigenvalue weighted by molar-refractivity contribution is 0.660. The van der Waals surface area contributed by atoms with E-state index in [9.17, 15) is 0 Å². The molecular formula is C9H11ClN4S. The highest BCUT2D eigenvalue weighted by Gasteiger charge is 2.00. The van der Waals surface area contributed by atoms with E-state index in [1.807, 2.05) is 10.9 Å². The van der Waals surface area contributed by atoms with Crippen LogP contribution >= 0.6 is 22.9 Å². The Balaban J connectivity index is 1.93. The van der Waals surface area contributed by atoms with Gasteiger partial charge in [-0.3, -0.25) is 4.68 Å². The number of nitrogens with one attached hydrogen (secondary N) is 1. The molecule has 0 amide bonds. The number of hydrogen-bond acceptors (Lipinski definition) is 4. The van der Waals surface area contributed by atoms with Gasteiger partial charge in [-0.1, -0.05) is 11.6 Å². The molecule has 0 aliphatic heterocycles. The van der Waals surface area contributed by atoms with Gasteiger partial charge in [0.25, 0.3) is 0 Å². The van der Waals surface area contributed by atoms with Crippen molar-refractivity contribution in [3.05, 3.63) is 27.9 Å². The quantitative estimate of drug-likeness (QED) is 0.896. The third-order valence-electron chi connectivity index (χ3n) is 1.93. The predicted octanol–water partition coefficient (Wildman–Crippen LogP) is 2.63. The van der Waals surface area contributed by atoms with E-state index in [0.29, 0.717) is 6.54 Å². The van der Waals surface area contributed by atoms with Gasteiger partial charge in [-0.15, -0.1) is 11.3 Å². The second-order valence-corrected chi connectivity index (χ2v) is 4.74. The molecule has 2 aromatic rings. The molecule has 0 saturated carbocycles. The number of thiazole rings is 1. The van der Waals surface area contributed by atoms with E-state index in [4.69, 9.17) is 11.6 Å². The molecule has 1 N–H and O–H groups in total. The number of halogens is 1. The van der Waals surface area contributed by atoms with Crippen molar-refractivity contribution in [3.8, 4) is 0 Å². The summed E-state index contributed by atoms with van der Waals surface area (Å²) in [5, 5.41) is 8.37. The van der Waals surface area contributed by atoms with E-state index in [1.54, 1.807) is 12.4 Å². The van der Waals surface area contributed by atoms with Crippen LogP contribution in [0.4, 0.5) is 5.69 Å². The van der Waals surface area contributed by atoms with E-state index >= 15 is 0 Å². The average Bonchev–Trinajstić information content (AvgIpc) is 2.83. The first-order valence-electron chi connectivity index (χ1n) is 4.64. The summed E-state index contributed by atoms with van der Waals surface area (Å²) in [6, 6.07) is 0. The largest absolute Gasteiger partial charge is 0.376 e. The van der Waals surface area contributed by atoms with Crippen molar-refractivity contribution in [2.75, 3.05) is 5.32 Å². The number of nitrogens with zero attached hydrogens (tertiary/aromatic N) is 3. The van der Waals surface area contributed by atoms with E-state index in [1.165, 1.54) is 11.3 Å². The van der Waals surface area contributed by atoms with Crippen molar-refractivity contribution < 1.29 is 0 Å². The molecule has 6 heteroatoms. The summed E-state index contributed by atoms with van der Waals surface area (Å²) in [6.45, 7) is 3.62. The lowest BCUT2D eigenvalue weighted by atomic mass is 10.5. The van der Waals surface area contributed by atoms with Gasteiger partial charge < -0.3 is 5.32 Å². The first-order valence-corrected chi connectivity index (χ1v) is 5.84. The second-order valence-electron chi connectivity index (χ2n) is 3.00. The van der Waals surface area contributed by atoms with Crippen molar-refractivity contribution in [1.82, 2.24) is 14.8 Å². The van der Waals surface area contributed by atoms with Gasteiger partial charge in [-0.2, -0.15) is 5.10 Å². The summed E-state index contributed by atoms with van der Waals surface area (Å²) >= 11 is 7.26. The molecule has 0 unspecified atom stereocenters. The molecule has 15 heavy (non-hydrogen) atoms. The lowest BCUT2D eigenvalue weighted by Gasteiger charge is -1.98. The smallest absolute Gasteiger partial charge is 0.113 e. The molecule has 0 fully saturated rings. The number of aryl methyl sites for hydroxylation is 1. The monoisotopic (exact) mass is 242 g/mol. The van der Waals surface area contributed by atoms with Crippen LogP contribution in [0.3, 0.4) is 0 Å². The summed E-state index contributed by atoms with van der Waals surface area (Å²) in [6.07, 6.45) is 5.44.